The molecule has 0 unspecified atom stereocenters. The molecule has 0 heterocycles. The SMILES string of the molecule is [N-]=[N+]=NCCC#Cc1cc(Cl)cc([N+](=O)[O-])c1N. The van der Waals surface area contributed by atoms with Crippen LogP contribution in [0.3, 0.4) is 0 Å². The Kier molecular flexibility index (Phi) is 4.81. The van der Waals surface area contributed by atoms with Crippen LogP contribution in [0.2, 0.25) is 5.02 Å². The molecule has 0 aromatic heterocycles. The van der Waals surface area contributed by atoms with Gasteiger partial charge in [-0.3, -0.25) is 10.1 Å². The highest BCUT2D eigenvalue weighted by molar-refractivity contribution is 6.31. The summed E-state index contributed by atoms with van der Waals surface area (Å²) < 4.78 is 0. The van der Waals surface area contributed by atoms with Crippen molar-refractivity contribution in [3.8, 4) is 11.8 Å². The zero-order chi connectivity index (χ0) is 13.5. The molecule has 0 spiro atoms. The van der Waals surface area contributed by atoms with Crippen molar-refractivity contribution in [1.82, 2.24) is 0 Å². The molecular weight excluding hydrogens is 258 g/mol. The van der Waals surface area contributed by atoms with Gasteiger partial charge in [-0.1, -0.05) is 28.6 Å². The Bertz CT molecular complexity index is 584. The Morgan fingerprint density at radius 2 is 2.33 bits per heavy atom. The van der Waals surface area contributed by atoms with Gasteiger partial charge >= 0.3 is 0 Å². The number of hydrogen-bond donors (Lipinski definition) is 1. The average Bonchev–Trinajstić information content (AvgIpc) is 2.32. The van der Waals surface area contributed by atoms with E-state index in [1.807, 2.05) is 0 Å². The molecule has 0 radical (unpaired) electrons. The Balaban J connectivity index is 3.02. The van der Waals surface area contributed by atoms with Crippen LogP contribution in [0.5, 0.6) is 0 Å². The zero-order valence-corrected chi connectivity index (χ0v) is 9.89. The van der Waals surface area contributed by atoms with E-state index < -0.39 is 4.92 Å². The second-order valence-corrected chi connectivity index (χ2v) is 3.59. The van der Waals surface area contributed by atoms with E-state index in [1.165, 1.54) is 12.1 Å². The molecule has 0 aliphatic heterocycles. The standard InChI is InChI=1S/C10H8ClN5O2/c11-8-5-7(3-1-2-4-14-15-13)10(12)9(6-8)16(17)18/h5-6H,2,4,12H2. The number of nitro benzene ring substituents is 1. The number of hydrogen-bond acceptors (Lipinski definition) is 4. The third-order valence-corrected chi connectivity index (χ3v) is 2.16. The predicted octanol–water partition coefficient (Wildman–Crippen LogP) is 2.88. The maximum Gasteiger partial charge on any atom is 0.294 e. The van der Waals surface area contributed by atoms with Crippen molar-refractivity contribution in [3.63, 3.8) is 0 Å². The Morgan fingerprint density at radius 3 is 2.94 bits per heavy atom. The van der Waals surface area contributed by atoms with E-state index in [0.29, 0.717) is 6.42 Å². The first-order valence-electron chi connectivity index (χ1n) is 4.79. The van der Waals surface area contributed by atoms with Crippen molar-refractivity contribution in [2.24, 2.45) is 5.11 Å². The molecule has 1 aromatic carbocycles. The summed E-state index contributed by atoms with van der Waals surface area (Å²) in [6, 6.07) is 2.62. The smallest absolute Gasteiger partial charge is 0.294 e. The minimum absolute atomic E-state index is 0.0271. The molecule has 92 valence electrons. The lowest BCUT2D eigenvalue weighted by Gasteiger charge is -2.00. The van der Waals surface area contributed by atoms with E-state index in [2.05, 4.69) is 21.9 Å². The van der Waals surface area contributed by atoms with Gasteiger partial charge in [0.1, 0.15) is 5.69 Å². The monoisotopic (exact) mass is 265 g/mol. The molecule has 0 aliphatic rings. The number of benzene rings is 1. The first kappa shape index (κ1) is 13.6. The molecule has 0 atom stereocenters. The van der Waals surface area contributed by atoms with E-state index in [1.54, 1.807) is 0 Å². The lowest BCUT2D eigenvalue weighted by molar-refractivity contribution is -0.383. The Labute approximate surface area is 107 Å². The minimum atomic E-state index is -0.619. The summed E-state index contributed by atoms with van der Waals surface area (Å²) in [6.45, 7) is 0.228. The predicted molar refractivity (Wildman–Crippen MR) is 68.0 cm³/mol. The fourth-order valence-corrected chi connectivity index (χ4v) is 1.38. The molecule has 1 aromatic rings. The normalized spacial score (nSPS) is 8.94. The second kappa shape index (κ2) is 6.35. The van der Waals surface area contributed by atoms with Gasteiger partial charge in [0.25, 0.3) is 5.69 Å². The van der Waals surface area contributed by atoms with Crippen molar-refractivity contribution in [1.29, 1.82) is 0 Å². The van der Waals surface area contributed by atoms with Crippen LogP contribution in [0.25, 0.3) is 10.4 Å². The Hall–Kier alpha value is -2.42. The highest BCUT2D eigenvalue weighted by atomic mass is 35.5. The third-order valence-electron chi connectivity index (χ3n) is 1.94. The van der Waals surface area contributed by atoms with Crippen LogP contribution in [0, 0.1) is 22.0 Å². The molecule has 0 saturated heterocycles. The van der Waals surface area contributed by atoms with Crippen LogP contribution in [-0.4, -0.2) is 11.5 Å². The third kappa shape index (κ3) is 3.56. The number of rotatable bonds is 3. The number of anilines is 1. The first-order valence-corrected chi connectivity index (χ1v) is 5.17. The summed E-state index contributed by atoms with van der Waals surface area (Å²) in [7, 11) is 0. The van der Waals surface area contributed by atoms with Gasteiger partial charge in [-0.15, -0.1) is 0 Å². The van der Waals surface area contributed by atoms with Gasteiger partial charge in [0, 0.05) is 29.0 Å². The molecule has 0 amide bonds. The van der Waals surface area contributed by atoms with E-state index in [4.69, 9.17) is 22.9 Å². The molecule has 7 nitrogen and oxygen atoms in total. The van der Waals surface area contributed by atoms with Gasteiger partial charge in [0.05, 0.1) is 10.5 Å². The molecule has 8 heteroatoms. The number of nitrogens with two attached hydrogens (primary N) is 1. The second-order valence-electron chi connectivity index (χ2n) is 3.15. The molecular formula is C10H8ClN5O2. The van der Waals surface area contributed by atoms with Gasteiger partial charge in [0.2, 0.25) is 0 Å². The Morgan fingerprint density at radius 1 is 1.61 bits per heavy atom. The van der Waals surface area contributed by atoms with Crippen LogP contribution in [0.1, 0.15) is 12.0 Å². The average molecular weight is 266 g/mol. The first-order chi connectivity index (χ1) is 8.56. The molecule has 18 heavy (non-hydrogen) atoms. The number of azide groups is 1. The van der Waals surface area contributed by atoms with Crippen LogP contribution >= 0.6 is 11.6 Å². The summed E-state index contributed by atoms with van der Waals surface area (Å²) >= 11 is 5.73. The molecule has 0 saturated carbocycles. The topological polar surface area (TPSA) is 118 Å². The number of nitro groups is 1. The van der Waals surface area contributed by atoms with E-state index in [0.717, 1.165) is 0 Å². The van der Waals surface area contributed by atoms with Gasteiger partial charge < -0.3 is 5.73 Å². The molecule has 0 bridgehead atoms. The van der Waals surface area contributed by atoms with Gasteiger partial charge in [0.15, 0.2) is 0 Å². The lowest BCUT2D eigenvalue weighted by atomic mass is 10.1. The van der Waals surface area contributed by atoms with Crippen LogP contribution in [0.4, 0.5) is 11.4 Å². The largest absolute Gasteiger partial charge is 0.392 e. The highest BCUT2D eigenvalue weighted by Crippen LogP contribution is 2.28. The molecule has 0 aliphatic carbocycles. The number of nitrogens with zero attached hydrogens (tertiary/aromatic N) is 4. The summed E-state index contributed by atoms with van der Waals surface area (Å²) in [5.41, 5.74) is 13.7. The van der Waals surface area contributed by atoms with Crippen molar-refractivity contribution in [3.05, 3.63) is 43.3 Å². The van der Waals surface area contributed by atoms with E-state index in [-0.39, 0.29) is 28.5 Å². The summed E-state index contributed by atoms with van der Waals surface area (Å²) in [5.74, 6) is 5.36. The van der Waals surface area contributed by atoms with Gasteiger partial charge in [-0.2, -0.15) is 0 Å². The van der Waals surface area contributed by atoms with Crippen molar-refractivity contribution in [2.45, 2.75) is 6.42 Å². The summed E-state index contributed by atoms with van der Waals surface area (Å²) in [5, 5.41) is 14.2. The van der Waals surface area contributed by atoms with E-state index >= 15 is 0 Å². The highest BCUT2D eigenvalue weighted by Gasteiger charge is 2.15. The number of nitrogen functional groups attached to an aromatic ring is 1. The summed E-state index contributed by atoms with van der Waals surface area (Å²) in [6.07, 6.45) is 0.337. The molecule has 2 N–H and O–H groups in total. The van der Waals surface area contributed by atoms with Crippen molar-refractivity contribution < 1.29 is 4.92 Å². The quantitative estimate of drug-likeness (QED) is 0.132. The van der Waals surface area contributed by atoms with Crippen LogP contribution in [-0.2, 0) is 0 Å². The summed E-state index contributed by atoms with van der Waals surface area (Å²) in [4.78, 5) is 12.7. The maximum absolute atomic E-state index is 10.7. The van der Waals surface area contributed by atoms with Gasteiger partial charge in [-0.25, -0.2) is 0 Å². The fraction of sp³-hybridized carbons (Fsp3) is 0.200. The maximum atomic E-state index is 10.7. The lowest BCUT2D eigenvalue weighted by Crippen LogP contribution is -1.98. The van der Waals surface area contributed by atoms with Crippen LogP contribution < -0.4 is 5.73 Å². The van der Waals surface area contributed by atoms with Gasteiger partial charge in [-0.05, 0) is 11.6 Å². The zero-order valence-electron chi connectivity index (χ0n) is 9.13. The fourth-order valence-electron chi connectivity index (χ4n) is 1.17. The number of halogens is 1. The van der Waals surface area contributed by atoms with Crippen molar-refractivity contribution in [2.75, 3.05) is 12.3 Å². The molecule has 0 fully saturated rings. The molecule has 1 rings (SSSR count). The van der Waals surface area contributed by atoms with Crippen LogP contribution in [0.15, 0.2) is 17.2 Å². The minimum Gasteiger partial charge on any atom is -0.392 e. The van der Waals surface area contributed by atoms with E-state index in [9.17, 15) is 10.1 Å². The van der Waals surface area contributed by atoms with Crippen molar-refractivity contribution >= 4 is 23.0 Å².